The molecule has 4 rings (SSSR count). The molecule has 2 heterocycles. The van der Waals surface area contributed by atoms with Crippen LogP contribution in [0.5, 0.6) is 0 Å². The molecule has 0 atom stereocenters. The number of nitrogens with zero attached hydrogens (tertiary/aromatic N) is 3. The van der Waals surface area contributed by atoms with E-state index in [-0.39, 0.29) is 23.7 Å². The van der Waals surface area contributed by atoms with Gasteiger partial charge in [0, 0.05) is 35.0 Å². The van der Waals surface area contributed by atoms with Crippen molar-refractivity contribution in [2.75, 3.05) is 0 Å². The summed E-state index contributed by atoms with van der Waals surface area (Å²) in [6.07, 6.45) is 4.41. The van der Waals surface area contributed by atoms with Gasteiger partial charge in [-0.1, -0.05) is 23.7 Å². The molecular formula is C24H21ClN4O2. The zero-order chi connectivity index (χ0) is 22.0. The number of hydrogen-bond acceptors (Lipinski definition) is 4. The number of benzene rings is 2. The van der Waals surface area contributed by atoms with E-state index >= 15 is 0 Å². The number of amides is 1. The number of hydrogen-bond donors (Lipinski definition) is 1. The van der Waals surface area contributed by atoms with Gasteiger partial charge in [0.2, 0.25) is 0 Å². The van der Waals surface area contributed by atoms with Crippen molar-refractivity contribution >= 4 is 28.4 Å². The van der Waals surface area contributed by atoms with E-state index in [4.69, 9.17) is 11.6 Å². The second kappa shape index (κ2) is 8.70. The van der Waals surface area contributed by atoms with Gasteiger partial charge in [0.15, 0.2) is 0 Å². The van der Waals surface area contributed by atoms with E-state index in [0.29, 0.717) is 17.1 Å². The lowest BCUT2D eigenvalue weighted by molar-refractivity contribution is 0.0723. The summed E-state index contributed by atoms with van der Waals surface area (Å²) in [6.45, 7) is 4.48. The first-order valence-corrected chi connectivity index (χ1v) is 10.2. The SMILES string of the molecule is Cc1cc2cc(CN(Cc3ccc(Cl)cc3)C(=O)c3cnccn3)c(=O)[nH]c2cc1C. The van der Waals surface area contributed by atoms with Crippen LogP contribution in [0, 0.1) is 13.8 Å². The minimum Gasteiger partial charge on any atom is -0.328 e. The van der Waals surface area contributed by atoms with Crippen LogP contribution in [0.1, 0.15) is 32.7 Å². The Kier molecular flexibility index (Phi) is 5.82. The van der Waals surface area contributed by atoms with Gasteiger partial charge < -0.3 is 9.88 Å². The molecule has 0 radical (unpaired) electrons. The van der Waals surface area contributed by atoms with Gasteiger partial charge in [-0.25, -0.2) is 4.98 Å². The first kappa shape index (κ1) is 20.8. The van der Waals surface area contributed by atoms with Gasteiger partial charge in [0.05, 0.1) is 12.7 Å². The lowest BCUT2D eigenvalue weighted by Crippen LogP contribution is -2.33. The predicted octanol–water partition coefficient (Wildman–Crippen LogP) is 4.43. The zero-order valence-electron chi connectivity index (χ0n) is 17.2. The Balaban J connectivity index is 1.72. The van der Waals surface area contributed by atoms with Crippen LogP contribution >= 0.6 is 11.6 Å². The summed E-state index contributed by atoms with van der Waals surface area (Å²) in [4.78, 5) is 38.6. The number of fused-ring (bicyclic) bond motifs is 1. The van der Waals surface area contributed by atoms with E-state index in [1.807, 2.05) is 44.2 Å². The average Bonchev–Trinajstić information content (AvgIpc) is 2.77. The van der Waals surface area contributed by atoms with Gasteiger partial charge in [0.25, 0.3) is 11.5 Å². The molecule has 0 aliphatic heterocycles. The molecule has 7 heteroatoms. The van der Waals surface area contributed by atoms with E-state index in [9.17, 15) is 9.59 Å². The summed E-state index contributed by atoms with van der Waals surface area (Å²) in [7, 11) is 0. The number of aromatic amines is 1. The Morgan fingerprint density at radius 1 is 1.03 bits per heavy atom. The number of halogens is 1. The third kappa shape index (κ3) is 4.64. The van der Waals surface area contributed by atoms with Gasteiger partial charge >= 0.3 is 0 Å². The minimum atomic E-state index is -0.303. The Labute approximate surface area is 184 Å². The molecule has 0 aliphatic carbocycles. The summed E-state index contributed by atoms with van der Waals surface area (Å²) >= 11 is 5.99. The highest BCUT2D eigenvalue weighted by Gasteiger charge is 2.20. The van der Waals surface area contributed by atoms with Gasteiger partial charge in [-0.15, -0.1) is 0 Å². The molecule has 2 aromatic carbocycles. The molecule has 31 heavy (non-hydrogen) atoms. The van der Waals surface area contributed by atoms with Crippen LogP contribution in [0.3, 0.4) is 0 Å². The molecule has 0 bridgehead atoms. The van der Waals surface area contributed by atoms with Crippen LogP contribution in [-0.4, -0.2) is 25.8 Å². The van der Waals surface area contributed by atoms with Gasteiger partial charge in [-0.3, -0.25) is 14.6 Å². The molecule has 1 N–H and O–H groups in total. The van der Waals surface area contributed by atoms with Gasteiger partial charge in [-0.05, 0) is 66.3 Å². The van der Waals surface area contributed by atoms with Crippen molar-refractivity contribution < 1.29 is 4.79 Å². The van der Waals surface area contributed by atoms with Crippen LogP contribution in [-0.2, 0) is 13.1 Å². The van der Waals surface area contributed by atoms with E-state index < -0.39 is 0 Å². The molecule has 0 unspecified atom stereocenters. The van der Waals surface area contributed by atoms with E-state index in [1.165, 1.54) is 18.6 Å². The fourth-order valence-corrected chi connectivity index (χ4v) is 3.55. The van der Waals surface area contributed by atoms with Crippen LogP contribution in [0.25, 0.3) is 10.9 Å². The largest absolute Gasteiger partial charge is 0.328 e. The molecule has 156 valence electrons. The van der Waals surface area contributed by atoms with E-state index in [2.05, 4.69) is 15.0 Å². The fourth-order valence-electron chi connectivity index (χ4n) is 3.43. The predicted molar refractivity (Wildman–Crippen MR) is 121 cm³/mol. The summed E-state index contributed by atoms with van der Waals surface area (Å²) < 4.78 is 0. The number of aryl methyl sites for hydroxylation is 2. The normalized spacial score (nSPS) is 10.9. The maximum absolute atomic E-state index is 13.2. The first-order chi connectivity index (χ1) is 14.9. The number of carbonyl (C=O) groups is 1. The Bertz CT molecular complexity index is 1300. The van der Waals surface area contributed by atoms with Crippen molar-refractivity contribution in [3.8, 4) is 0 Å². The molecule has 0 spiro atoms. The third-order valence-corrected chi connectivity index (χ3v) is 5.50. The number of nitrogens with one attached hydrogen (secondary N) is 1. The molecule has 4 aromatic rings. The van der Waals surface area contributed by atoms with Crippen LogP contribution in [0.4, 0.5) is 0 Å². The van der Waals surface area contributed by atoms with Crippen molar-refractivity contribution in [1.29, 1.82) is 0 Å². The molecule has 2 aromatic heterocycles. The monoisotopic (exact) mass is 432 g/mol. The molecule has 6 nitrogen and oxygen atoms in total. The Morgan fingerprint density at radius 3 is 2.48 bits per heavy atom. The summed E-state index contributed by atoms with van der Waals surface area (Å²) in [6, 6.07) is 13.1. The number of pyridine rings is 1. The quantitative estimate of drug-likeness (QED) is 0.506. The molecule has 0 saturated heterocycles. The number of rotatable bonds is 5. The number of carbonyl (C=O) groups excluding carboxylic acids is 1. The second-order valence-electron chi connectivity index (χ2n) is 7.53. The van der Waals surface area contributed by atoms with Gasteiger partial charge in [0.1, 0.15) is 5.69 Å². The van der Waals surface area contributed by atoms with Crippen molar-refractivity contribution in [1.82, 2.24) is 19.9 Å². The third-order valence-electron chi connectivity index (χ3n) is 5.25. The van der Waals surface area contributed by atoms with Crippen molar-refractivity contribution in [2.45, 2.75) is 26.9 Å². The highest BCUT2D eigenvalue weighted by molar-refractivity contribution is 6.30. The number of H-pyrrole nitrogens is 1. The highest BCUT2D eigenvalue weighted by Crippen LogP contribution is 2.19. The molecule has 0 aliphatic rings. The standard InChI is InChI=1S/C24H21ClN4O2/c1-15-9-18-11-19(23(30)28-21(18)10-16(15)2)14-29(13-17-3-5-20(25)6-4-17)24(31)22-12-26-7-8-27-22/h3-12H,13-14H2,1-2H3,(H,28,30). The zero-order valence-corrected chi connectivity index (χ0v) is 18.0. The van der Waals surface area contributed by atoms with Crippen LogP contribution in [0.15, 0.2) is 65.8 Å². The highest BCUT2D eigenvalue weighted by atomic mass is 35.5. The second-order valence-corrected chi connectivity index (χ2v) is 7.96. The van der Waals surface area contributed by atoms with Crippen LogP contribution in [0.2, 0.25) is 5.02 Å². The molecular weight excluding hydrogens is 412 g/mol. The fraction of sp³-hybridized carbons (Fsp3) is 0.167. The maximum Gasteiger partial charge on any atom is 0.274 e. The minimum absolute atomic E-state index is 0.135. The Hall–Kier alpha value is -3.51. The molecule has 1 amide bonds. The van der Waals surface area contributed by atoms with Crippen LogP contribution < -0.4 is 5.56 Å². The van der Waals surface area contributed by atoms with Gasteiger partial charge in [-0.2, -0.15) is 0 Å². The van der Waals surface area contributed by atoms with E-state index in [1.54, 1.807) is 17.0 Å². The smallest absolute Gasteiger partial charge is 0.274 e. The maximum atomic E-state index is 13.2. The average molecular weight is 433 g/mol. The van der Waals surface area contributed by atoms with Crippen molar-refractivity contribution in [3.63, 3.8) is 0 Å². The topological polar surface area (TPSA) is 79.0 Å². The van der Waals surface area contributed by atoms with E-state index in [0.717, 1.165) is 27.6 Å². The van der Waals surface area contributed by atoms with Crippen molar-refractivity contribution in [2.24, 2.45) is 0 Å². The first-order valence-electron chi connectivity index (χ1n) is 9.83. The lowest BCUT2D eigenvalue weighted by atomic mass is 10.0. The lowest BCUT2D eigenvalue weighted by Gasteiger charge is -2.22. The summed E-state index contributed by atoms with van der Waals surface area (Å²) in [5.74, 6) is -0.303. The van der Waals surface area contributed by atoms with Crippen molar-refractivity contribution in [3.05, 3.63) is 104 Å². The number of aromatic nitrogens is 3. The summed E-state index contributed by atoms with van der Waals surface area (Å²) in [5.41, 5.74) is 4.43. The summed E-state index contributed by atoms with van der Waals surface area (Å²) in [5, 5.41) is 1.54. The molecule has 0 saturated carbocycles. The Morgan fingerprint density at radius 2 is 1.77 bits per heavy atom. The molecule has 0 fully saturated rings.